The first kappa shape index (κ1) is 49.4. The first-order valence-corrected chi connectivity index (χ1v) is 27.0. The van der Waals surface area contributed by atoms with E-state index in [1.165, 1.54) is 48.2 Å². The Morgan fingerprint density at radius 2 is 0.588 bits per heavy atom. The molecule has 0 saturated carbocycles. The fourth-order valence-electron chi connectivity index (χ4n) is 10.2. The molecule has 12 heteroatoms. The zero-order chi connectivity index (χ0) is 54.1. The van der Waals surface area contributed by atoms with Gasteiger partial charge in [0.1, 0.15) is 29.1 Å². The molecule has 0 aliphatic carbocycles. The number of fused-ring (bicyclic) bond motifs is 8. The molecule has 0 atom stereocenters. The van der Waals surface area contributed by atoms with E-state index in [4.69, 9.17) is 11.5 Å². The van der Waals surface area contributed by atoms with Gasteiger partial charge in [-0.3, -0.25) is 0 Å². The lowest BCUT2D eigenvalue weighted by atomic mass is 10.1. The number of rotatable bonds is 4. The van der Waals surface area contributed by atoms with Gasteiger partial charge in [0.15, 0.2) is 0 Å². The number of nitrogens with two attached hydrogens (primary N) is 2. The smallest absolute Gasteiger partial charge is 0.137 e. The van der Waals surface area contributed by atoms with E-state index in [-0.39, 0.29) is 5.82 Å². The first-order valence-electron chi connectivity index (χ1n) is 25.9. The van der Waals surface area contributed by atoms with Gasteiger partial charge in [-0.05, 0) is 193 Å². The van der Waals surface area contributed by atoms with Crippen molar-refractivity contribution < 1.29 is 4.39 Å². The second-order valence-corrected chi connectivity index (χ2v) is 20.6. The summed E-state index contributed by atoms with van der Waals surface area (Å²) in [5, 5.41) is 13.4. The standard InChI is InChI=1S/C17H11FN2.C17H11IN2.2C17H13N3/c4*18-15-6-5-13-11-19-17(10-14(13)9-15)20-8-7-12-3-1-2-4-16(12)20/h2*1-11H;2*1-11H,18H2. The molecule has 0 spiro atoms. The third kappa shape index (κ3) is 10.0. The number of hydrogen-bond acceptors (Lipinski definition) is 6. The number of nitrogen functional groups attached to an aromatic ring is 2. The molecule has 0 aliphatic heterocycles. The monoisotopic (exact) mass is 1150 g/mol. The van der Waals surface area contributed by atoms with Crippen LogP contribution in [0.25, 0.3) is 110 Å². The van der Waals surface area contributed by atoms with Crippen LogP contribution >= 0.6 is 22.6 Å². The number of para-hydroxylation sites is 4. The number of pyridine rings is 4. The topological polar surface area (TPSA) is 123 Å². The van der Waals surface area contributed by atoms with Crippen LogP contribution in [0.15, 0.2) is 268 Å². The summed E-state index contributed by atoms with van der Waals surface area (Å²) >= 11 is 2.34. The SMILES string of the molecule is Fc1ccc2cnc(-n3ccc4ccccc43)cc2c1.Ic1ccc2cnc(-n3ccc4ccccc43)cc2c1.Nc1ccc2cnc(-n3ccc4ccccc43)cc2c1.Nc1ccc2cnc(-n3ccc4ccccc43)cc2c1. The van der Waals surface area contributed by atoms with Crippen LogP contribution < -0.4 is 11.5 Å². The van der Waals surface area contributed by atoms with Crippen LogP contribution in [0.3, 0.4) is 0 Å². The van der Waals surface area contributed by atoms with Gasteiger partial charge >= 0.3 is 0 Å². The van der Waals surface area contributed by atoms with E-state index in [0.29, 0.717) is 0 Å². The van der Waals surface area contributed by atoms with Gasteiger partial charge in [0, 0.05) is 86.1 Å². The van der Waals surface area contributed by atoms with Crippen molar-refractivity contribution in [3.63, 3.8) is 0 Å². The average Bonchev–Trinajstić information content (AvgIpc) is 4.34. The highest BCUT2D eigenvalue weighted by Gasteiger charge is 2.10. The van der Waals surface area contributed by atoms with E-state index < -0.39 is 0 Å². The molecular formula is C68H48FIN10. The molecule has 80 heavy (non-hydrogen) atoms. The van der Waals surface area contributed by atoms with Crippen LogP contribution in [0.5, 0.6) is 0 Å². The third-order valence-corrected chi connectivity index (χ3v) is 14.9. The van der Waals surface area contributed by atoms with E-state index in [1.54, 1.807) is 12.3 Å². The molecule has 0 radical (unpaired) electrons. The highest BCUT2D eigenvalue weighted by Crippen LogP contribution is 2.28. The Morgan fingerprint density at radius 3 is 0.950 bits per heavy atom. The van der Waals surface area contributed by atoms with Gasteiger partial charge in [0.25, 0.3) is 0 Å². The summed E-state index contributed by atoms with van der Waals surface area (Å²) in [6.07, 6.45) is 15.6. The quantitative estimate of drug-likeness (QED) is 0.134. The second kappa shape index (κ2) is 21.3. The van der Waals surface area contributed by atoms with Gasteiger partial charge in [0.2, 0.25) is 0 Å². The number of anilines is 2. The number of hydrogen-bond donors (Lipinski definition) is 2. The minimum atomic E-state index is -0.230. The molecule has 4 N–H and O–H groups in total. The molecule has 0 unspecified atom stereocenters. The van der Waals surface area contributed by atoms with E-state index in [0.717, 1.165) is 88.9 Å². The molecule has 16 aromatic rings. The van der Waals surface area contributed by atoms with Crippen molar-refractivity contribution in [1.29, 1.82) is 0 Å². The van der Waals surface area contributed by atoms with Crippen molar-refractivity contribution in [2.45, 2.75) is 0 Å². The molecular weight excluding hydrogens is 1100 g/mol. The summed E-state index contributed by atoms with van der Waals surface area (Å²) in [4.78, 5) is 18.2. The van der Waals surface area contributed by atoms with Gasteiger partial charge in [-0.1, -0.05) is 91.0 Å². The van der Waals surface area contributed by atoms with Gasteiger partial charge in [-0.25, -0.2) is 24.3 Å². The maximum absolute atomic E-state index is 13.3. The predicted octanol–water partition coefficient (Wildman–Crippen LogP) is 16.6. The van der Waals surface area contributed by atoms with Crippen molar-refractivity contribution >= 4 is 121 Å². The van der Waals surface area contributed by atoms with Crippen LogP contribution in [0, 0.1) is 9.39 Å². The highest BCUT2D eigenvalue weighted by molar-refractivity contribution is 14.1. The van der Waals surface area contributed by atoms with Crippen LogP contribution in [0.2, 0.25) is 0 Å². The minimum absolute atomic E-state index is 0.230. The van der Waals surface area contributed by atoms with Crippen LogP contribution in [-0.4, -0.2) is 38.2 Å². The molecule has 0 aliphatic rings. The first-order chi connectivity index (χ1) is 39.2. The van der Waals surface area contributed by atoms with Crippen molar-refractivity contribution in [1.82, 2.24) is 38.2 Å². The molecule has 0 saturated heterocycles. The summed E-state index contributed by atoms with van der Waals surface area (Å²) in [6.45, 7) is 0. The van der Waals surface area contributed by atoms with Crippen LogP contribution in [-0.2, 0) is 0 Å². The Balaban J connectivity index is 0.000000101. The number of benzene rings is 8. The molecule has 0 amide bonds. The lowest BCUT2D eigenvalue weighted by Gasteiger charge is -2.06. The number of halogens is 2. The van der Waals surface area contributed by atoms with Crippen molar-refractivity contribution in [2.75, 3.05) is 11.5 Å². The van der Waals surface area contributed by atoms with Crippen molar-refractivity contribution in [2.24, 2.45) is 0 Å². The van der Waals surface area contributed by atoms with E-state index in [2.05, 4.69) is 172 Å². The van der Waals surface area contributed by atoms with Crippen LogP contribution in [0.4, 0.5) is 15.8 Å². The zero-order valence-corrected chi connectivity index (χ0v) is 45.0. The van der Waals surface area contributed by atoms with E-state index in [1.807, 2.05) is 133 Å². The Hall–Kier alpha value is -10.2. The molecule has 16 rings (SSSR count). The Bertz CT molecular complexity index is 4320. The van der Waals surface area contributed by atoms with Gasteiger partial charge in [-0.2, -0.15) is 0 Å². The predicted molar refractivity (Wildman–Crippen MR) is 336 cm³/mol. The Labute approximate surface area is 472 Å². The average molecular weight is 1150 g/mol. The van der Waals surface area contributed by atoms with Gasteiger partial charge < -0.3 is 29.7 Å². The molecule has 384 valence electrons. The number of nitrogens with zero attached hydrogens (tertiary/aromatic N) is 8. The van der Waals surface area contributed by atoms with E-state index in [9.17, 15) is 4.39 Å². The fraction of sp³-hybridized carbons (Fsp3) is 0. The Kier molecular flexibility index (Phi) is 13.2. The van der Waals surface area contributed by atoms with E-state index >= 15 is 0 Å². The molecule has 8 heterocycles. The van der Waals surface area contributed by atoms with Gasteiger partial charge in [-0.15, -0.1) is 0 Å². The third-order valence-electron chi connectivity index (χ3n) is 14.2. The minimum Gasteiger partial charge on any atom is -0.399 e. The second-order valence-electron chi connectivity index (χ2n) is 19.3. The molecule has 0 fully saturated rings. The molecule has 8 aromatic heterocycles. The van der Waals surface area contributed by atoms with Crippen LogP contribution in [0.1, 0.15) is 0 Å². The number of aromatic nitrogens is 8. The summed E-state index contributed by atoms with van der Waals surface area (Å²) in [7, 11) is 0. The summed E-state index contributed by atoms with van der Waals surface area (Å²) in [6, 6.07) is 72.5. The Morgan fingerprint density at radius 1 is 0.287 bits per heavy atom. The summed E-state index contributed by atoms with van der Waals surface area (Å²) < 4.78 is 22.9. The molecule has 0 bridgehead atoms. The summed E-state index contributed by atoms with van der Waals surface area (Å²) in [5.41, 5.74) is 17.8. The fourth-order valence-corrected chi connectivity index (χ4v) is 10.7. The zero-order valence-electron chi connectivity index (χ0n) is 42.9. The lowest BCUT2D eigenvalue weighted by molar-refractivity contribution is 0.629. The highest BCUT2D eigenvalue weighted by atomic mass is 127. The largest absolute Gasteiger partial charge is 0.399 e. The summed E-state index contributed by atoms with van der Waals surface area (Å²) in [5.74, 6) is 3.34. The maximum Gasteiger partial charge on any atom is 0.137 e. The molecule has 10 nitrogen and oxygen atoms in total. The van der Waals surface area contributed by atoms with Gasteiger partial charge in [0.05, 0.1) is 22.1 Å². The normalized spacial score (nSPS) is 11.2. The van der Waals surface area contributed by atoms with Crippen molar-refractivity contribution in [3.8, 4) is 23.3 Å². The molecule has 8 aromatic carbocycles. The van der Waals surface area contributed by atoms with Crippen molar-refractivity contribution in [3.05, 3.63) is 277 Å². The maximum atomic E-state index is 13.3. The lowest BCUT2D eigenvalue weighted by Crippen LogP contribution is -1.95.